The number of amides is 1. The van der Waals surface area contributed by atoms with Gasteiger partial charge in [0, 0.05) is 25.0 Å². The molecule has 28 heavy (non-hydrogen) atoms. The van der Waals surface area contributed by atoms with Crippen LogP contribution in [0.25, 0.3) is 0 Å². The largest absolute Gasteiger partial charge is 0.493 e. The number of esters is 1. The van der Waals surface area contributed by atoms with Crippen molar-refractivity contribution < 1.29 is 19.1 Å². The summed E-state index contributed by atoms with van der Waals surface area (Å²) in [6.07, 6.45) is 6.99. The van der Waals surface area contributed by atoms with Crippen molar-refractivity contribution in [3.8, 4) is 5.75 Å². The van der Waals surface area contributed by atoms with Gasteiger partial charge in [0.1, 0.15) is 5.75 Å². The second-order valence-corrected chi connectivity index (χ2v) is 7.22. The third-order valence-electron chi connectivity index (χ3n) is 5.35. The highest BCUT2D eigenvalue weighted by atomic mass is 16.5. The second-order valence-electron chi connectivity index (χ2n) is 7.22. The van der Waals surface area contributed by atoms with Gasteiger partial charge < -0.3 is 14.4 Å². The maximum Gasteiger partial charge on any atom is 0.338 e. The highest BCUT2D eigenvalue weighted by Crippen LogP contribution is 2.28. The molecule has 0 spiro atoms. The summed E-state index contributed by atoms with van der Waals surface area (Å²) in [7, 11) is 3.06. The molecule has 6 heteroatoms. The minimum Gasteiger partial charge on any atom is -0.493 e. The summed E-state index contributed by atoms with van der Waals surface area (Å²) < 4.78 is 10.7. The normalized spacial score (nSPS) is 14.7. The molecule has 1 amide bonds. The van der Waals surface area contributed by atoms with E-state index in [0.717, 1.165) is 18.4 Å². The zero-order valence-electron chi connectivity index (χ0n) is 16.6. The number of nitrogens with zero attached hydrogens (tertiary/aromatic N) is 2. The number of carbonyl (C=O) groups is 2. The third kappa shape index (κ3) is 4.50. The quantitative estimate of drug-likeness (QED) is 0.680. The number of ether oxygens (including phenoxy) is 2. The van der Waals surface area contributed by atoms with Gasteiger partial charge in [-0.1, -0.05) is 12.5 Å². The number of rotatable bonds is 7. The van der Waals surface area contributed by atoms with Gasteiger partial charge in [0.15, 0.2) is 0 Å². The molecule has 2 aromatic rings. The molecule has 1 fully saturated rings. The predicted octanol–water partition coefficient (Wildman–Crippen LogP) is 3.88. The van der Waals surface area contributed by atoms with Crippen molar-refractivity contribution in [3.63, 3.8) is 0 Å². The Morgan fingerprint density at radius 1 is 1.25 bits per heavy atom. The molecule has 1 heterocycles. The van der Waals surface area contributed by atoms with Crippen molar-refractivity contribution in [3.05, 3.63) is 59.4 Å². The van der Waals surface area contributed by atoms with E-state index < -0.39 is 5.97 Å². The maximum atomic E-state index is 13.1. The van der Waals surface area contributed by atoms with Crippen LogP contribution in [-0.4, -0.2) is 42.5 Å². The van der Waals surface area contributed by atoms with Crippen LogP contribution in [0.1, 0.15) is 58.5 Å². The molecule has 3 rings (SSSR count). The van der Waals surface area contributed by atoms with E-state index in [9.17, 15) is 9.59 Å². The van der Waals surface area contributed by atoms with Gasteiger partial charge in [-0.05, 0) is 55.5 Å². The van der Waals surface area contributed by atoms with Crippen LogP contribution < -0.4 is 4.74 Å². The van der Waals surface area contributed by atoms with Crippen molar-refractivity contribution >= 4 is 11.9 Å². The smallest absolute Gasteiger partial charge is 0.338 e. The van der Waals surface area contributed by atoms with E-state index in [1.165, 1.54) is 13.5 Å². The lowest BCUT2D eigenvalue weighted by atomic mass is 9.86. The van der Waals surface area contributed by atoms with Gasteiger partial charge in [-0.2, -0.15) is 0 Å². The molecule has 1 aliphatic carbocycles. The molecule has 0 radical (unpaired) electrons. The van der Waals surface area contributed by atoms with Crippen molar-refractivity contribution in [2.45, 2.75) is 32.2 Å². The summed E-state index contributed by atoms with van der Waals surface area (Å²) in [6, 6.07) is 8.48. The molecule has 0 saturated heterocycles. The van der Waals surface area contributed by atoms with Crippen LogP contribution in [0.3, 0.4) is 0 Å². The molecule has 1 aromatic heterocycles. The Labute approximate surface area is 165 Å². The molecule has 1 aliphatic rings. The SMILES string of the molecule is COC(=O)c1cc(OCC2CCC2)cc(C(=O)N(C)[C@H](C)c2cccnc2)c1. The van der Waals surface area contributed by atoms with E-state index in [-0.39, 0.29) is 11.9 Å². The number of hydrogen-bond acceptors (Lipinski definition) is 5. The Bertz CT molecular complexity index is 834. The average Bonchev–Trinajstić information content (AvgIpc) is 2.70. The minimum absolute atomic E-state index is 0.165. The van der Waals surface area contributed by atoms with Crippen LogP contribution in [0, 0.1) is 5.92 Å². The van der Waals surface area contributed by atoms with Crippen molar-refractivity contribution in [2.75, 3.05) is 20.8 Å². The third-order valence-corrected chi connectivity index (χ3v) is 5.35. The first-order valence-corrected chi connectivity index (χ1v) is 9.53. The molecule has 0 bridgehead atoms. The van der Waals surface area contributed by atoms with Gasteiger partial charge in [0.2, 0.25) is 0 Å². The van der Waals surface area contributed by atoms with E-state index in [1.54, 1.807) is 42.5 Å². The van der Waals surface area contributed by atoms with E-state index >= 15 is 0 Å². The average molecular weight is 382 g/mol. The molecular formula is C22H26N2O4. The number of benzene rings is 1. The van der Waals surface area contributed by atoms with Gasteiger partial charge in [0.25, 0.3) is 5.91 Å². The summed E-state index contributed by atoms with van der Waals surface area (Å²) in [5, 5.41) is 0. The first kappa shape index (κ1) is 19.9. The summed E-state index contributed by atoms with van der Waals surface area (Å²) in [5.74, 6) is 0.372. The number of carbonyl (C=O) groups excluding carboxylic acids is 2. The number of hydrogen-bond donors (Lipinski definition) is 0. The molecule has 0 unspecified atom stereocenters. The predicted molar refractivity (Wildman–Crippen MR) is 105 cm³/mol. The van der Waals surface area contributed by atoms with E-state index in [2.05, 4.69) is 4.98 Å². The maximum absolute atomic E-state index is 13.1. The van der Waals surface area contributed by atoms with Gasteiger partial charge in [0.05, 0.1) is 25.3 Å². The van der Waals surface area contributed by atoms with Crippen molar-refractivity contribution in [1.29, 1.82) is 0 Å². The molecular weight excluding hydrogens is 356 g/mol. The van der Waals surface area contributed by atoms with Crippen molar-refractivity contribution in [2.24, 2.45) is 5.92 Å². The number of pyridine rings is 1. The number of aromatic nitrogens is 1. The van der Waals surface area contributed by atoms with Gasteiger partial charge in [-0.3, -0.25) is 9.78 Å². The van der Waals surface area contributed by atoms with Crippen molar-refractivity contribution in [1.82, 2.24) is 9.88 Å². The zero-order valence-corrected chi connectivity index (χ0v) is 16.6. The molecule has 0 N–H and O–H groups in total. The molecule has 1 atom stereocenters. The monoisotopic (exact) mass is 382 g/mol. The van der Waals surface area contributed by atoms with Crippen LogP contribution in [-0.2, 0) is 4.74 Å². The van der Waals surface area contributed by atoms with Crippen LogP contribution in [0.2, 0.25) is 0 Å². The summed E-state index contributed by atoms with van der Waals surface area (Å²) in [6.45, 7) is 2.53. The van der Waals surface area contributed by atoms with Gasteiger partial charge >= 0.3 is 5.97 Å². The van der Waals surface area contributed by atoms with Gasteiger partial charge in [-0.15, -0.1) is 0 Å². The van der Waals surface area contributed by atoms with E-state index in [1.807, 2.05) is 19.1 Å². The standard InChI is InChI=1S/C22H26N2O4/c1-15(17-8-5-9-23-13-17)24(2)21(25)18-10-19(22(26)27-3)12-20(11-18)28-14-16-6-4-7-16/h5,8-13,15-16H,4,6-7,14H2,1-3H3/t15-/m1/s1. The fourth-order valence-corrected chi connectivity index (χ4v) is 3.14. The molecule has 0 aliphatic heterocycles. The Hall–Kier alpha value is -2.89. The van der Waals surface area contributed by atoms with Crippen LogP contribution in [0.15, 0.2) is 42.7 Å². The lowest BCUT2D eigenvalue weighted by Gasteiger charge is -2.26. The summed E-state index contributed by atoms with van der Waals surface area (Å²) in [5.41, 5.74) is 1.63. The highest BCUT2D eigenvalue weighted by molar-refractivity contribution is 5.98. The van der Waals surface area contributed by atoms with Crippen LogP contribution in [0.4, 0.5) is 0 Å². The van der Waals surface area contributed by atoms with Crippen LogP contribution in [0.5, 0.6) is 5.75 Å². The molecule has 1 saturated carbocycles. The summed E-state index contributed by atoms with van der Waals surface area (Å²) >= 11 is 0. The van der Waals surface area contributed by atoms with E-state index in [0.29, 0.717) is 29.4 Å². The van der Waals surface area contributed by atoms with E-state index in [4.69, 9.17) is 9.47 Å². The molecule has 1 aromatic carbocycles. The molecule has 148 valence electrons. The second kappa shape index (κ2) is 8.87. The Balaban J connectivity index is 1.83. The van der Waals surface area contributed by atoms with Gasteiger partial charge in [-0.25, -0.2) is 4.79 Å². The minimum atomic E-state index is -0.494. The first-order chi connectivity index (χ1) is 13.5. The topological polar surface area (TPSA) is 68.7 Å². The lowest BCUT2D eigenvalue weighted by molar-refractivity contribution is 0.0600. The lowest BCUT2D eigenvalue weighted by Crippen LogP contribution is -2.30. The molecule has 6 nitrogen and oxygen atoms in total. The summed E-state index contributed by atoms with van der Waals surface area (Å²) in [4.78, 5) is 30.9. The fraction of sp³-hybridized carbons (Fsp3) is 0.409. The Morgan fingerprint density at radius 3 is 2.61 bits per heavy atom. The Morgan fingerprint density at radius 2 is 2.00 bits per heavy atom. The first-order valence-electron chi connectivity index (χ1n) is 9.53. The van der Waals surface area contributed by atoms with Crippen LogP contribution >= 0.6 is 0 Å². The highest BCUT2D eigenvalue weighted by Gasteiger charge is 2.23. The Kier molecular flexibility index (Phi) is 6.29. The number of methoxy groups -OCH3 is 1. The fourth-order valence-electron chi connectivity index (χ4n) is 3.14. The zero-order chi connectivity index (χ0) is 20.1.